The number of aromatic nitrogens is 1. The summed E-state index contributed by atoms with van der Waals surface area (Å²) >= 11 is 12.6. The lowest BCUT2D eigenvalue weighted by molar-refractivity contribution is -0.131. The smallest absolute Gasteiger partial charge is 0.256 e. The van der Waals surface area contributed by atoms with Gasteiger partial charge in [0.1, 0.15) is 0 Å². The predicted octanol–water partition coefficient (Wildman–Crippen LogP) is 6.37. The van der Waals surface area contributed by atoms with Crippen LogP contribution in [-0.2, 0) is 32.6 Å². The molecule has 3 aliphatic rings. The summed E-state index contributed by atoms with van der Waals surface area (Å²) in [5.41, 5.74) is 6.13. The van der Waals surface area contributed by atoms with Gasteiger partial charge in [-0.05, 0) is 100 Å². The second kappa shape index (κ2) is 12.6. The summed E-state index contributed by atoms with van der Waals surface area (Å²) in [5.74, 6) is 0.110. The Morgan fingerprint density at radius 1 is 1.05 bits per heavy atom. The van der Waals surface area contributed by atoms with Crippen molar-refractivity contribution in [1.29, 1.82) is 0 Å². The molecule has 7 nitrogen and oxygen atoms in total. The molecule has 0 bridgehead atoms. The van der Waals surface area contributed by atoms with Gasteiger partial charge >= 0.3 is 0 Å². The van der Waals surface area contributed by atoms with Gasteiger partial charge < -0.3 is 20.1 Å². The molecule has 2 aromatic carbocycles. The molecule has 0 spiro atoms. The van der Waals surface area contributed by atoms with E-state index in [1.54, 1.807) is 36.4 Å². The molecule has 10 heteroatoms. The number of amides is 2. The van der Waals surface area contributed by atoms with E-state index < -0.39 is 10.8 Å². The van der Waals surface area contributed by atoms with Crippen LogP contribution < -0.4 is 5.32 Å². The number of benzene rings is 2. The number of hydrogen-bond acceptors (Lipinski definition) is 4. The number of anilines is 1. The van der Waals surface area contributed by atoms with E-state index in [1.807, 2.05) is 19.9 Å². The molecule has 2 N–H and O–H groups in total. The summed E-state index contributed by atoms with van der Waals surface area (Å²) in [7, 11) is -1.43. The molecule has 226 valence electrons. The third kappa shape index (κ3) is 6.21. The number of aromatic amines is 1. The van der Waals surface area contributed by atoms with Crippen LogP contribution in [-0.4, -0.2) is 63.0 Å². The number of halogens is 2. The minimum atomic E-state index is -1.43. The fourth-order valence-corrected chi connectivity index (χ4v) is 8.47. The van der Waals surface area contributed by atoms with Crippen molar-refractivity contribution in [3.05, 3.63) is 80.1 Å². The number of H-pyrrole nitrogens is 1. The first-order valence-electron chi connectivity index (χ1n) is 14.9. The molecular formula is C33H36Cl2N4O3S. The van der Waals surface area contributed by atoms with Crippen molar-refractivity contribution in [3.8, 4) is 0 Å². The topological polar surface area (TPSA) is 85.5 Å². The number of fused-ring (bicyclic) bond motifs is 1. The van der Waals surface area contributed by atoms with Crippen LogP contribution >= 0.6 is 23.2 Å². The molecule has 3 aromatic rings. The van der Waals surface area contributed by atoms with Crippen molar-refractivity contribution in [2.75, 3.05) is 31.5 Å². The summed E-state index contributed by atoms with van der Waals surface area (Å²) in [5, 5.41) is 3.86. The maximum atomic E-state index is 13.5. The van der Waals surface area contributed by atoms with Crippen LogP contribution in [0, 0.1) is 13.8 Å². The van der Waals surface area contributed by atoms with Crippen molar-refractivity contribution in [1.82, 2.24) is 14.8 Å². The fraction of sp³-hybridized carbons (Fsp3) is 0.394. The van der Waals surface area contributed by atoms with Crippen LogP contribution in [0.3, 0.4) is 0 Å². The Kier molecular flexibility index (Phi) is 8.83. The third-order valence-corrected chi connectivity index (χ3v) is 11.0. The number of likely N-dealkylation sites (tertiary alicyclic amines) is 2. The maximum Gasteiger partial charge on any atom is 0.256 e. The summed E-state index contributed by atoms with van der Waals surface area (Å²) in [4.78, 5) is 35.1. The van der Waals surface area contributed by atoms with E-state index >= 15 is 0 Å². The summed E-state index contributed by atoms with van der Waals surface area (Å²) in [6.45, 7) is 8.04. The van der Waals surface area contributed by atoms with Gasteiger partial charge in [0.25, 0.3) is 5.91 Å². The first kappa shape index (κ1) is 30.1. The Balaban J connectivity index is 1.22. The number of aryl methyl sites for hydroxylation is 1. The van der Waals surface area contributed by atoms with E-state index in [0.29, 0.717) is 49.8 Å². The van der Waals surface area contributed by atoms with Gasteiger partial charge in [0.15, 0.2) is 0 Å². The minimum absolute atomic E-state index is 0.167. The molecule has 4 heterocycles. The SMILES string of the molecule is Cc1[nH]c(/C=C2\C(=O)Nc3ccc(S(=O)Cc4c(Cl)cccc4Cl)cc32)c(C)c1CC(=O)N1CCC[C@H]1CN1CCCC1. The maximum absolute atomic E-state index is 13.5. The van der Waals surface area contributed by atoms with Crippen LogP contribution in [0.25, 0.3) is 11.6 Å². The van der Waals surface area contributed by atoms with Gasteiger partial charge in [-0.25, -0.2) is 0 Å². The van der Waals surface area contributed by atoms with Gasteiger partial charge in [0.2, 0.25) is 5.91 Å². The predicted molar refractivity (Wildman–Crippen MR) is 174 cm³/mol. The second-order valence-corrected chi connectivity index (χ2v) is 14.0. The molecule has 0 saturated carbocycles. The van der Waals surface area contributed by atoms with Crippen LogP contribution in [0.15, 0.2) is 41.3 Å². The largest absolute Gasteiger partial charge is 0.359 e. The number of rotatable bonds is 8. The van der Waals surface area contributed by atoms with E-state index in [9.17, 15) is 13.8 Å². The van der Waals surface area contributed by atoms with Gasteiger partial charge in [-0.15, -0.1) is 0 Å². The molecule has 2 fully saturated rings. The average Bonchev–Trinajstić information content (AvgIpc) is 3.77. The zero-order valence-corrected chi connectivity index (χ0v) is 26.8. The molecule has 2 amide bonds. The number of nitrogens with zero attached hydrogens (tertiary/aromatic N) is 2. The van der Waals surface area contributed by atoms with Crippen molar-refractivity contribution >= 4 is 63.2 Å². The molecule has 6 rings (SSSR count). The van der Waals surface area contributed by atoms with E-state index in [2.05, 4.69) is 20.1 Å². The molecule has 0 aliphatic carbocycles. The third-order valence-electron chi connectivity index (χ3n) is 8.99. The van der Waals surface area contributed by atoms with E-state index in [4.69, 9.17) is 23.2 Å². The van der Waals surface area contributed by atoms with Crippen LogP contribution in [0.2, 0.25) is 10.0 Å². The normalized spacial score (nSPS) is 20.2. The molecule has 2 atom stereocenters. The zero-order valence-electron chi connectivity index (χ0n) is 24.5. The van der Waals surface area contributed by atoms with Crippen molar-refractivity contribution < 1.29 is 13.8 Å². The lowest BCUT2D eigenvalue weighted by atomic mass is 10.0. The van der Waals surface area contributed by atoms with Crippen LogP contribution in [0.1, 0.15) is 59.3 Å². The van der Waals surface area contributed by atoms with Gasteiger partial charge in [0, 0.05) is 62.3 Å². The van der Waals surface area contributed by atoms with Gasteiger partial charge in [-0.1, -0.05) is 29.3 Å². The lowest BCUT2D eigenvalue weighted by Crippen LogP contribution is -2.43. The molecular weight excluding hydrogens is 603 g/mol. The first-order valence-corrected chi connectivity index (χ1v) is 17.0. The summed E-state index contributed by atoms with van der Waals surface area (Å²) in [6, 6.07) is 10.8. The highest BCUT2D eigenvalue weighted by atomic mass is 35.5. The van der Waals surface area contributed by atoms with Crippen molar-refractivity contribution in [2.45, 2.75) is 62.6 Å². The molecule has 0 radical (unpaired) electrons. The van der Waals surface area contributed by atoms with Crippen LogP contribution in [0.5, 0.6) is 0 Å². The van der Waals surface area contributed by atoms with Gasteiger partial charge in [-0.2, -0.15) is 0 Å². The molecule has 2 saturated heterocycles. The van der Waals surface area contributed by atoms with E-state index in [-0.39, 0.29) is 17.6 Å². The second-order valence-electron chi connectivity index (χ2n) is 11.7. The Morgan fingerprint density at radius 3 is 2.53 bits per heavy atom. The average molecular weight is 640 g/mol. The Bertz CT molecular complexity index is 1620. The highest BCUT2D eigenvalue weighted by molar-refractivity contribution is 7.84. The number of carbonyl (C=O) groups is 2. The number of nitrogens with one attached hydrogen (secondary N) is 2. The molecule has 43 heavy (non-hydrogen) atoms. The molecule has 1 unspecified atom stereocenters. The van der Waals surface area contributed by atoms with E-state index in [1.165, 1.54) is 12.8 Å². The van der Waals surface area contributed by atoms with Gasteiger partial charge in [0.05, 0.1) is 28.5 Å². The highest BCUT2D eigenvalue weighted by Gasteiger charge is 2.32. The van der Waals surface area contributed by atoms with Gasteiger partial charge in [-0.3, -0.25) is 13.8 Å². The first-order chi connectivity index (χ1) is 20.7. The Hall–Kier alpha value is -2.91. The lowest BCUT2D eigenvalue weighted by Gasteiger charge is -2.28. The van der Waals surface area contributed by atoms with Crippen molar-refractivity contribution in [2.24, 2.45) is 0 Å². The Labute approximate surface area is 265 Å². The number of hydrogen-bond donors (Lipinski definition) is 2. The quantitative estimate of drug-likeness (QED) is 0.281. The van der Waals surface area contributed by atoms with Crippen LogP contribution in [0.4, 0.5) is 5.69 Å². The molecule has 1 aromatic heterocycles. The summed E-state index contributed by atoms with van der Waals surface area (Å²) in [6.07, 6.45) is 6.79. The van der Waals surface area contributed by atoms with E-state index in [0.717, 1.165) is 61.5 Å². The Morgan fingerprint density at radius 2 is 1.79 bits per heavy atom. The highest BCUT2D eigenvalue weighted by Crippen LogP contribution is 2.36. The zero-order chi connectivity index (χ0) is 30.2. The molecule has 3 aliphatic heterocycles. The fourth-order valence-electron chi connectivity index (χ4n) is 6.58. The monoisotopic (exact) mass is 638 g/mol. The standard InChI is InChI=1S/C33H36Cl2N4O3S/c1-20-24(17-32(40)39-14-6-7-22(39)18-38-12-3-4-13-38)21(2)36-31(20)16-26-25-15-23(10-11-30(25)37-33(26)41)43(42)19-27-28(34)8-5-9-29(27)35/h5,8-11,15-16,22,36H,3-4,6-7,12-14,17-19H2,1-2H3,(H,37,41)/b26-16-/t22-,43?/m0/s1. The minimum Gasteiger partial charge on any atom is -0.359 e. The van der Waals surface area contributed by atoms with Crippen molar-refractivity contribution in [3.63, 3.8) is 0 Å². The number of carbonyl (C=O) groups excluding carboxylic acids is 2. The summed E-state index contributed by atoms with van der Waals surface area (Å²) < 4.78 is 13.3.